The average molecular weight is 317 g/mol. The van der Waals surface area contributed by atoms with Crippen LogP contribution < -0.4 is 0 Å². The van der Waals surface area contributed by atoms with Crippen molar-refractivity contribution in [1.29, 1.82) is 0 Å². The molecule has 1 aromatic rings. The first-order chi connectivity index (χ1) is 9.75. The van der Waals surface area contributed by atoms with E-state index in [1.54, 1.807) is 27.8 Å². The Balaban J connectivity index is 3.19. The monoisotopic (exact) mass is 317 g/mol. The van der Waals surface area contributed by atoms with Gasteiger partial charge < -0.3 is 4.74 Å². The number of aryl methyl sites for hydroxylation is 2. The first kappa shape index (κ1) is 17.6. The molecule has 0 aliphatic heterocycles. The van der Waals surface area contributed by atoms with Crippen LogP contribution in [-0.4, -0.2) is 48.2 Å². The number of sulfonamides is 1. The first-order valence-electron chi connectivity index (χ1n) is 6.91. The van der Waals surface area contributed by atoms with Crippen molar-refractivity contribution in [1.82, 2.24) is 14.1 Å². The molecule has 0 spiro atoms. The Morgan fingerprint density at radius 1 is 1.33 bits per heavy atom. The molecule has 1 rings (SSSR count). The summed E-state index contributed by atoms with van der Waals surface area (Å²) in [5.41, 5.74) is 0.984. The summed E-state index contributed by atoms with van der Waals surface area (Å²) in [6.07, 6.45) is 0.608. The molecule has 0 atom stereocenters. The molecule has 21 heavy (non-hydrogen) atoms. The highest BCUT2D eigenvalue weighted by Gasteiger charge is 2.31. The van der Waals surface area contributed by atoms with Gasteiger partial charge in [0.15, 0.2) is 0 Å². The van der Waals surface area contributed by atoms with Gasteiger partial charge in [-0.2, -0.15) is 9.40 Å². The quantitative estimate of drug-likeness (QED) is 0.701. The summed E-state index contributed by atoms with van der Waals surface area (Å²) >= 11 is 0. The standard InChI is InChI=1S/C13H23N3O4S/c1-6-8-16(9-12(17)20-7-2)21(18,19)13-10(3)14-15(5)11(13)4/h6-9H2,1-5H3. The first-order valence-corrected chi connectivity index (χ1v) is 8.35. The lowest BCUT2D eigenvalue weighted by Gasteiger charge is -2.20. The Labute approximate surface area is 125 Å². The van der Waals surface area contributed by atoms with Crippen molar-refractivity contribution in [2.75, 3.05) is 19.7 Å². The summed E-state index contributed by atoms with van der Waals surface area (Å²) in [6, 6.07) is 0. The molecule has 120 valence electrons. The highest BCUT2D eigenvalue weighted by molar-refractivity contribution is 7.89. The zero-order valence-corrected chi connectivity index (χ0v) is 14.0. The van der Waals surface area contributed by atoms with Crippen LogP contribution in [0.15, 0.2) is 4.90 Å². The lowest BCUT2D eigenvalue weighted by atomic mass is 10.4. The number of carbonyl (C=O) groups is 1. The molecule has 0 N–H and O–H groups in total. The maximum Gasteiger partial charge on any atom is 0.321 e. The molecule has 1 aromatic heterocycles. The van der Waals surface area contributed by atoms with Gasteiger partial charge in [-0.15, -0.1) is 0 Å². The van der Waals surface area contributed by atoms with E-state index in [0.717, 1.165) is 4.31 Å². The van der Waals surface area contributed by atoms with E-state index >= 15 is 0 Å². The number of nitrogens with zero attached hydrogens (tertiary/aromatic N) is 3. The molecule has 1 heterocycles. The zero-order valence-electron chi connectivity index (χ0n) is 13.2. The maximum absolute atomic E-state index is 12.8. The highest BCUT2D eigenvalue weighted by atomic mass is 32.2. The Bertz CT molecular complexity index is 607. The minimum atomic E-state index is -3.77. The Morgan fingerprint density at radius 3 is 2.38 bits per heavy atom. The fraction of sp³-hybridized carbons (Fsp3) is 0.692. The number of hydrogen-bond donors (Lipinski definition) is 0. The van der Waals surface area contributed by atoms with Gasteiger partial charge in [0.1, 0.15) is 11.4 Å². The van der Waals surface area contributed by atoms with Crippen LogP contribution in [-0.2, 0) is 26.6 Å². The van der Waals surface area contributed by atoms with E-state index in [9.17, 15) is 13.2 Å². The average Bonchev–Trinajstić information content (AvgIpc) is 2.63. The van der Waals surface area contributed by atoms with Crippen LogP contribution in [0.5, 0.6) is 0 Å². The molecule has 0 aliphatic carbocycles. The van der Waals surface area contributed by atoms with Crippen LogP contribution in [0.4, 0.5) is 0 Å². The molecule has 0 radical (unpaired) electrons. The van der Waals surface area contributed by atoms with Gasteiger partial charge in [-0.3, -0.25) is 9.48 Å². The van der Waals surface area contributed by atoms with Crippen molar-refractivity contribution >= 4 is 16.0 Å². The van der Waals surface area contributed by atoms with Gasteiger partial charge in [0.25, 0.3) is 0 Å². The van der Waals surface area contributed by atoms with Crippen molar-refractivity contribution in [2.45, 2.75) is 39.0 Å². The molecule has 0 saturated carbocycles. The maximum atomic E-state index is 12.8. The number of ether oxygens (including phenoxy) is 1. The van der Waals surface area contributed by atoms with E-state index in [0.29, 0.717) is 17.8 Å². The van der Waals surface area contributed by atoms with Crippen LogP contribution in [0.25, 0.3) is 0 Å². The fourth-order valence-electron chi connectivity index (χ4n) is 2.14. The Hall–Kier alpha value is -1.41. The molecule has 0 aromatic carbocycles. The van der Waals surface area contributed by atoms with Crippen LogP contribution in [0.2, 0.25) is 0 Å². The minimum Gasteiger partial charge on any atom is -0.465 e. The van der Waals surface area contributed by atoms with E-state index in [2.05, 4.69) is 5.10 Å². The summed E-state index contributed by atoms with van der Waals surface area (Å²) in [5.74, 6) is -0.547. The van der Waals surface area contributed by atoms with E-state index < -0.39 is 16.0 Å². The van der Waals surface area contributed by atoms with Crippen molar-refractivity contribution < 1.29 is 17.9 Å². The van der Waals surface area contributed by atoms with Gasteiger partial charge in [0, 0.05) is 13.6 Å². The van der Waals surface area contributed by atoms with Crippen molar-refractivity contribution in [3.8, 4) is 0 Å². The van der Waals surface area contributed by atoms with Gasteiger partial charge in [0.05, 0.1) is 18.0 Å². The molecule has 8 heteroatoms. The predicted molar refractivity (Wildman–Crippen MR) is 78.4 cm³/mol. The molecule has 0 saturated heterocycles. The van der Waals surface area contributed by atoms with E-state index in [1.807, 2.05) is 6.92 Å². The smallest absolute Gasteiger partial charge is 0.321 e. The number of rotatable bonds is 7. The topological polar surface area (TPSA) is 81.5 Å². The van der Waals surface area contributed by atoms with Crippen molar-refractivity contribution in [3.63, 3.8) is 0 Å². The largest absolute Gasteiger partial charge is 0.465 e. The third-order valence-electron chi connectivity index (χ3n) is 3.12. The highest BCUT2D eigenvalue weighted by Crippen LogP contribution is 2.23. The van der Waals surface area contributed by atoms with Crippen molar-refractivity contribution in [2.24, 2.45) is 7.05 Å². The van der Waals surface area contributed by atoms with Gasteiger partial charge in [-0.25, -0.2) is 8.42 Å². The molecule has 7 nitrogen and oxygen atoms in total. The normalized spacial score (nSPS) is 11.9. The van der Waals surface area contributed by atoms with Gasteiger partial charge in [-0.1, -0.05) is 6.92 Å². The summed E-state index contributed by atoms with van der Waals surface area (Å²) in [7, 11) is -2.08. The SMILES string of the molecule is CCCN(CC(=O)OCC)S(=O)(=O)c1c(C)nn(C)c1C. The summed E-state index contributed by atoms with van der Waals surface area (Å²) < 4.78 is 33.1. The Kier molecular flexibility index (Phi) is 5.91. The summed E-state index contributed by atoms with van der Waals surface area (Å²) in [4.78, 5) is 11.8. The lowest BCUT2D eigenvalue weighted by molar-refractivity contribution is -0.143. The molecule has 0 unspecified atom stereocenters. The molecule has 0 amide bonds. The summed E-state index contributed by atoms with van der Waals surface area (Å²) in [6.45, 7) is 7.09. The second-order valence-corrected chi connectivity index (χ2v) is 6.64. The number of esters is 1. The molecule has 0 bridgehead atoms. The van der Waals surface area contributed by atoms with Crippen LogP contribution in [0, 0.1) is 13.8 Å². The Morgan fingerprint density at radius 2 is 1.95 bits per heavy atom. The molecular weight excluding hydrogens is 294 g/mol. The van der Waals surface area contributed by atoms with Crippen LogP contribution in [0.1, 0.15) is 31.7 Å². The van der Waals surface area contributed by atoms with Gasteiger partial charge >= 0.3 is 5.97 Å². The number of aromatic nitrogens is 2. The van der Waals surface area contributed by atoms with Crippen LogP contribution >= 0.6 is 0 Å². The van der Waals surface area contributed by atoms with Gasteiger partial charge in [-0.05, 0) is 27.2 Å². The van der Waals surface area contributed by atoms with E-state index in [4.69, 9.17) is 4.74 Å². The molecule has 0 fully saturated rings. The van der Waals surface area contributed by atoms with E-state index in [-0.39, 0.29) is 24.6 Å². The predicted octanol–water partition coefficient (Wildman–Crippen LogP) is 1.00. The van der Waals surface area contributed by atoms with Crippen molar-refractivity contribution in [3.05, 3.63) is 11.4 Å². The minimum absolute atomic E-state index is 0.169. The molecular formula is C13H23N3O4S. The van der Waals surface area contributed by atoms with Gasteiger partial charge in [0.2, 0.25) is 10.0 Å². The lowest BCUT2D eigenvalue weighted by Crippen LogP contribution is -2.37. The molecule has 0 aliphatic rings. The van der Waals surface area contributed by atoms with E-state index in [1.165, 1.54) is 4.68 Å². The third-order valence-corrected chi connectivity index (χ3v) is 5.22. The summed E-state index contributed by atoms with van der Waals surface area (Å²) in [5, 5.41) is 4.13. The number of carbonyl (C=O) groups excluding carboxylic acids is 1. The number of hydrogen-bond acceptors (Lipinski definition) is 5. The zero-order chi connectivity index (χ0) is 16.2. The second-order valence-electron chi connectivity index (χ2n) is 4.77. The van der Waals surface area contributed by atoms with Crippen LogP contribution in [0.3, 0.4) is 0 Å². The second kappa shape index (κ2) is 7.04. The third kappa shape index (κ3) is 3.82. The fourth-order valence-corrected chi connectivity index (χ4v) is 4.02.